The van der Waals surface area contributed by atoms with Crippen LogP contribution in [-0.2, 0) is 0 Å². The molecule has 5 nitrogen and oxygen atoms in total. The number of nitrogen functional groups attached to an aromatic ring is 1. The van der Waals surface area contributed by atoms with E-state index >= 15 is 0 Å². The second-order valence-corrected chi connectivity index (χ2v) is 4.75. The number of hydrogen-bond donors (Lipinski definition) is 1. The summed E-state index contributed by atoms with van der Waals surface area (Å²) < 4.78 is 16.2. The van der Waals surface area contributed by atoms with Gasteiger partial charge in [-0.05, 0) is 24.3 Å². The zero-order valence-corrected chi connectivity index (χ0v) is 12.4. The third-order valence-corrected chi connectivity index (χ3v) is 3.37. The molecule has 3 aromatic rings. The molecule has 0 saturated carbocycles. The van der Waals surface area contributed by atoms with Gasteiger partial charge in [0.05, 0.1) is 14.2 Å². The van der Waals surface area contributed by atoms with Crippen LogP contribution in [0.1, 0.15) is 0 Å². The van der Waals surface area contributed by atoms with Crippen molar-refractivity contribution in [2.24, 2.45) is 0 Å². The molecule has 0 unspecified atom stereocenters. The highest BCUT2D eigenvalue weighted by atomic mass is 16.5. The van der Waals surface area contributed by atoms with E-state index in [2.05, 4.69) is 4.98 Å². The molecule has 2 aromatic carbocycles. The Kier molecular flexibility index (Phi) is 3.70. The third kappa shape index (κ3) is 2.61. The van der Waals surface area contributed by atoms with Crippen molar-refractivity contribution in [3.63, 3.8) is 0 Å². The summed E-state index contributed by atoms with van der Waals surface area (Å²) in [6.45, 7) is 0. The lowest BCUT2D eigenvalue weighted by molar-refractivity contribution is 0.394. The molecular formula is C17H16N2O3. The molecular weight excluding hydrogens is 280 g/mol. The highest BCUT2D eigenvalue weighted by molar-refractivity contribution is 5.78. The molecule has 0 amide bonds. The Balaban J connectivity index is 2.10. The summed E-state index contributed by atoms with van der Waals surface area (Å²) in [5.74, 6) is 2.03. The Morgan fingerprint density at radius 1 is 0.909 bits per heavy atom. The average molecular weight is 296 g/mol. The molecule has 0 bridgehead atoms. The summed E-state index contributed by atoms with van der Waals surface area (Å²) in [5.41, 5.74) is 8.94. The normalized spacial score (nSPS) is 10.5. The second-order valence-electron chi connectivity index (χ2n) is 4.75. The number of benzene rings is 2. The van der Waals surface area contributed by atoms with Crippen LogP contribution in [0.25, 0.3) is 22.6 Å². The van der Waals surface area contributed by atoms with Gasteiger partial charge in [0.1, 0.15) is 17.2 Å². The van der Waals surface area contributed by atoms with Crippen LogP contribution < -0.4 is 15.2 Å². The van der Waals surface area contributed by atoms with Crippen LogP contribution in [0.4, 0.5) is 5.69 Å². The van der Waals surface area contributed by atoms with Crippen molar-refractivity contribution >= 4 is 5.69 Å². The Morgan fingerprint density at radius 3 is 2.14 bits per heavy atom. The smallest absolute Gasteiger partial charge is 0.182 e. The molecule has 22 heavy (non-hydrogen) atoms. The molecule has 0 saturated heterocycles. The molecule has 1 aromatic heterocycles. The maximum Gasteiger partial charge on any atom is 0.182 e. The first-order valence-electron chi connectivity index (χ1n) is 6.74. The monoisotopic (exact) mass is 296 g/mol. The van der Waals surface area contributed by atoms with Gasteiger partial charge < -0.3 is 19.6 Å². The van der Waals surface area contributed by atoms with Gasteiger partial charge in [-0.3, -0.25) is 0 Å². The minimum atomic E-state index is 0.655. The van der Waals surface area contributed by atoms with E-state index in [1.807, 2.05) is 42.5 Å². The minimum absolute atomic E-state index is 0.655. The molecule has 0 atom stereocenters. The standard InChI is InChI=1S/C17H16N2O3/c1-20-14-7-12(8-15(9-14)21-2)17-16(19-10-22-17)11-3-5-13(18)6-4-11/h3-10H,18H2,1-2H3. The summed E-state index contributed by atoms with van der Waals surface area (Å²) in [6, 6.07) is 13.1. The number of nitrogens with zero attached hydrogens (tertiary/aromatic N) is 1. The van der Waals surface area contributed by atoms with Crippen LogP contribution in [0.2, 0.25) is 0 Å². The third-order valence-electron chi connectivity index (χ3n) is 3.37. The molecule has 112 valence electrons. The lowest BCUT2D eigenvalue weighted by Crippen LogP contribution is -1.90. The maximum atomic E-state index is 5.73. The van der Waals surface area contributed by atoms with E-state index < -0.39 is 0 Å². The van der Waals surface area contributed by atoms with Crippen LogP contribution in [-0.4, -0.2) is 19.2 Å². The Bertz CT molecular complexity index is 757. The zero-order valence-electron chi connectivity index (χ0n) is 12.4. The molecule has 0 fully saturated rings. The largest absolute Gasteiger partial charge is 0.497 e. The molecule has 0 spiro atoms. The Hall–Kier alpha value is -2.95. The van der Waals surface area contributed by atoms with Crippen molar-refractivity contribution < 1.29 is 13.9 Å². The Morgan fingerprint density at radius 2 is 1.55 bits per heavy atom. The van der Waals surface area contributed by atoms with Crippen LogP contribution in [0.15, 0.2) is 53.3 Å². The topological polar surface area (TPSA) is 70.5 Å². The van der Waals surface area contributed by atoms with Crippen LogP contribution in [0.5, 0.6) is 11.5 Å². The van der Waals surface area contributed by atoms with Crippen molar-refractivity contribution in [1.29, 1.82) is 0 Å². The number of anilines is 1. The summed E-state index contributed by atoms with van der Waals surface area (Å²) in [4.78, 5) is 4.31. The van der Waals surface area contributed by atoms with E-state index in [0.29, 0.717) is 22.9 Å². The van der Waals surface area contributed by atoms with Crippen molar-refractivity contribution in [3.05, 3.63) is 48.9 Å². The van der Waals surface area contributed by atoms with E-state index in [4.69, 9.17) is 19.6 Å². The van der Waals surface area contributed by atoms with Gasteiger partial charge in [-0.25, -0.2) is 4.98 Å². The minimum Gasteiger partial charge on any atom is -0.497 e. The van der Waals surface area contributed by atoms with E-state index in [0.717, 1.165) is 16.8 Å². The first-order valence-corrected chi connectivity index (χ1v) is 6.74. The van der Waals surface area contributed by atoms with Gasteiger partial charge in [-0.1, -0.05) is 12.1 Å². The summed E-state index contributed by atoms with van der Waals surface area (Å²) >= 11 is 0. The van der Waals surface area contributed by atoms with E-state index in [9.17, 15) is 0 Å². The van der Waals surface area contributed by atoms with Crippen LogP contribution in [0, 0.1) is 0 Å². The summed E-state index contributed by atoms with van der Waals surface area (Å²) in [6.07, 6.45) is 1.42. The summed E-state index contributed by atoms with van der Waals surface area (Å²) in [7, 11) is 3.22. The predicted octanol–water partition coefficient (Wildman–Crippen LogP) is 3.61. The van der Waals surface area contributed by atoms with Gasteiger partial charge in [0.15, 0.2) is 12.2 Å². The number of hydrogen-bond acceptors (Lipinski definition) is 5. The lowest BCUT2D eigenvalue weighted by atomic mass is 10.0. The summed E-state index contributed by atoms with van der Waals surface area (Å²) in [5, 5.41) is 0. The number of methoxy groups -OCH3 is 2. The number of aromatic nitrogens is 1. The molecule has 1 heterocycles. The van der Waals surface area contributed by atoms with E-state index in [1.165, 1.54) is 6.39 Å². The Labute approximate surface area is 128 Å². The van der Waals surface area contributed by atoms with E-state index in [-0.39, 0.29) is 0 Å². The van der Waals surface area contributed by atoms with Crippen molar-refractivity contribution in [2.75, 3.05) is 20.0 Å². The number of rotatable bonds is 4. The average Bonchev–Trinajstić information content (AvgIpc) is 3.04. The number of ether oxygens (including phenoxy) is 2. The maximum absolute atomic E-state index is 5.73. The first-order chi connectivity index (χ1) is 10.7. The van der Waals surface area contributed by atoms with Crippen LogP contribution in [0.3, 0.4) is 0 Å². The predicted molar refractivity (Wildman–Crippen MR) is 84.9 cm³/mol. The lowest BCUT2D eigenvalue weighted by Gasteiger charge is -2.08. The van der Waals surface area contributed by atoms with Gasteiger partial charge in [-0.2, -0.15) is 0 Å². The number of nitrogens with two attached hydrogens (primary N) is 1. The molecule has 0 aliphatic heterocycles. The fraction of sp³-hybridized carbons (Fsp3) is 0.118. The molecule has 2 N–H and O–H groups in total. The van der Waals surface area contributed by atoms with Gasteiger partial charge in [-0.15, -0.1) is 0 Å². The molecule has 0 radical (unpaired) electrons. The highest BCUT2D eigenvalue weighted by Crippen LogP contribution is 2.35. The fourth-order valence-electron chi connectivity index (χ4n) is 2.24. The van der Waals surface area contributed by atoms with Gasteiger partial charge in [0.2, 0.25) is 0 Å². The molecule has 0 aliphatic rings. The van der Waals surface area contributed by atoms with Gasteiger partial charge >= 0.3 is 0 Å². The fourth-order valence-corrected chi connectivity index (χ4v) is 2.24. The van der Waals surface area contributed by atoms with Crippen LogP contribution >= 0.6 is 0 Å². The van der Waals surface area contributed by atoms with Crippen molar-refractivity contribution in [1.82, 2.24) is 4.98 Å². The first kappa shape index (κ1) is 14.0. The van der Waals surface area contributed by atoms with Gasteiger partial charge in [0.25, 0.3) is 0 Å². The van der Waals surface area contributed by atoms with Gasteiger partial charge in [0, 0.05) is 22.9 Å². The SMILES string of the molecule is COc1cc(OC)cc(-c2ocnc2-c2ccc(N)cc2)c1. The van der Waals surface area contributed by atoms with E-state index in [1.54, 1.807) is 14.2 Å². The molecule has 0 aliphatic carbocycles. The molecule has 5 heteroatoms. The second kappa shape index (κ2) is 5.81. The molecule has 3 rings (SSSR count). The van der Waals surface area contributed by atoms with Crippen molar-refractivity contribution in [2.45, 2.75) is 0 Å². The quantitative estimate of drug-likeness (QED) is 0.745. The van der Waals surface area contributed by atoms with Crippen molar-refractivity contribution in [3.8, 4) is 34.1 Å². The zero-order chi connectivity index (χ0) is 15.5. The number of oxazole rings is 1. The highest BCUT2D eigenvalue weighted by Gasteiger charge is 2.15.